The number of carbonyl (C=O) groups excluding carboxylic acids is 1. The van der Waals surface area contributed by atoms with Crippen LogP contribution >= 0.6 is 0 Å². The second kappa shape index (κ2) is 8.11. The topological polar surface area (TPSA) is 95.1 Å². The minimum absolute atomic E-state index is 0.0592. The second-order valence-electron chi connectivity index (χ2n) is 8.97. The van der Waals surface area contributed by atoms with Crippen LogP contribution in [-0.4, -0.2) is 25.5 Å². The van der Waals surface area contributed by atoms with Crippen molar-refractivity contribution in [2.24, 2.45) is 7.05 Å². The minimum atomic E-state index is -0.126. The third-order valence-electron chi connectivity index (χ3n) is 5.17. The van der Waals surface area contributed by atoms with Crippen molar-refractivity contribution >= 4 is 28.6 Å². The van der Waals surface area contributed by atoms with Crippen molar-refractivity contribution in [1.82, 2.24) is 19.7 Å². The maximum absolute atomic E-state index is 11.4. The standard InChI is InChI=1S/C24H27N5O3/c1-14(30)11-16-12-17(9-10-25-16)31-19-8-7-18-22(15(19)2)29(6)23(26-18)27-21-13-20(32-28-21)24(3,4)5/h7-10,12-13H,11H2,1-6H3,(H,26,27,28). The van der Waals surface area contributed by atoms with Crippen LogP contribution in [0.25, 0.3) is 11.0 Å². The lowest BCUT2D eigenvalue weighted by molar-refractivity contribution is -0.116. The number of benzene rings is 1. The van der Waals surface area contributed by atoms with Crippen LogP contribution in [0.1, 0.15) is 44.7 Å². The van der Waals surface area contributed by atoms with Crippen LogP contribution in [0.15, 0.2) is 41.1 Å². The monoisotopic (exact) mass is 433 g/mol. The molecule has 4 rings (SSSR count). The van der Waals surface area contributed by atoms with Gasteiger partial charge in [0.05, 0.1) is 16.7 Å². The van der Waals surface area contributed by atoms with Gasteiger partial charge in [0, 0.05) is 42.8 Å². The van der Waals surface area contributed by atoms with Gasteiger partial charge in [0.2, 0.25) is 5.95 Å². The Morgan fingerprint density at radius 3 is 2.69 bits per heavy atom. The van der Waals surface area contributed by atoms with Gasteiger partial charge >= 0.3 is 0 Å². The summed E-state index contributed by atoms with van der Waals surface area (Å²) in [6.45, 7) is 9.76. The first-order valence-electron chi connectivity index (χ1n) is 10.4. The van der Waals surface area contributed by atoms with Gasteiger partial charge in [-0.15, -0.1) is 0 Å². The van der Waals surface area contributed by atoms with E-state index in [0.29, 0.717) is 29.0 Å². The van der Waals surface area contributed by atoms with Gasteiger partial charge in [0.15, 0.2) is 5.82 Å². The number of aryl methyl sites for hydroxylation is 2. The summed E-state index contributed by atoms with van der Waals surface area (Å²) in [7, 11) is 1.94. The highest BCUT2D eigenvalue weighted by Crippen LogP contribution is 2.33. The lowest BCUT2D eigenvalue weighted by Gasteiger charge is -2.12. The Labute approximate surface area is 186 Å². The van der Waals surface area contributed by atoms with Crippen molar-refractivity contribution < 1.29 is 14.1 Å². The molecule has 1 N–H and O–H groups in total. The normalized spacial score (nSPS) is 11.7. The highest BCUT2D eigenvalue weighted by atomic mass is 16.5. The number of ether oxygens (including phenoxy) is 1. The van der Waals surface area contributed by atoms with Gasteiger partial charge < -0.3 is 19.1 Å². The fraction of sp³-hybridized carbons (Fsp3) is 0.333. The van der Waals surface area contributed by atoms with Gasteiger partial charge in [-0.3, -0.25) is 9.78 Å². The predicted molar refractivity (Wildman–Crippen MR) is 123 cm³/mol. The molecule has 32 heavy (non-hydrogen) atoms. The Hall–Kier alpha value is -3.68. The highest BCUT2D eigenvalue weighted by molar-refractivity contribution is 5.84. The molecule has 0 aliphatic carbocycles. The average Bonchev–Trinajstić information content (AvgIpc) is 3.30. The zero-order valence-electron chi connectivity index (χ0n) is 19.2. The number of ketones is 1. The Kier molecular flexibility index (Phi) is 5.46. The summed E-state index contributed by atoms with van der Waals surface area (Å²) < 4.78 is 13.6. The van der Waals surface area contributed by atoms with Gasteiger partial charge in [0.25, 0.3) is 0 Å². The SMILES string of the molecule is CC(=O)Cc1cc(Oc2ccc3nc(Nc4cc(C(C)(C)C)on4)n(C)c3c2C)ccn1. The van der Waals surface area contributed by atoms with Crippen molar-refractivity contribution in [3.8, 4) is 11.5 Å². The molecule has 0 amide bonds. The number of hydrogen-bond donors (Lipinski definition) is 1. The van der Waals surface area contributed by atoms with E-state index in [9.17, 15) is 4.79 Å². The molecule has 3 heterocycles. The van der Waals surface area contributed by atoms with Gasteiger partial charge in [-0.05, 0) is 32.0 Å². The Morgan fingerprint density at radius 1 is 1.22 bits per heavy atom. The molecule has 3 aromatic heterocycles. The van der Waals surface area contributed by atoms with Crippen molar-refractivity contribution in [1.29, 1.82) is 0 Å². The third-order valence-corrected chi connectivity index (χ3v) is 5.17. The van der Waals surface area contributed by atoms with Crippen LogP contribution < -0.4 is 10.1 Å². The molecule has 0 spiro atoms. The summed E-state index contributed by atoms with van der Waals surface area (Å²) in [6, 6.07) is 9.28. The first kappa shape index (κ1) is 21.5. The summed E-state index contributed by atoms with van der Waals surface area (Å²) in [5, 5.41) is 7.36. The van der Waals surface area contributed by atoms with Crippen LogP contribution in [0.4, 0.5) is 11.8 Å². The number of nitrogens with zero attached hydrogens (tertiary/aromatic N) is 4. The van der Waals surface area contributed by atoms with E-state index in [2.05, 4.69) is 36.2 Å². The number of Topliss-reactive ketones (excluding diaryl/α,β-unsaturated/α-hetero) is 1. The van der Waals surface area contributed by atoms with E-state index in [4.69, 9.17) is 14.2 Å². The number of rotatable bonds is 6. The molecule has 4 aromatic rings. The molecular formula is C24H27N5O3. The van der Waals surface area contributed by atoms with E-state index < -0.39 is 0 Å². The fourth-order valence-corrected chi connectivity index (χ4v) is 3.50. The zero-order valence-corrected chi connectivity index (χ0v) is 19.2. The maximum Gasteiger partial charge on any atom is 0.209 e. The number of pyridine rings is 1. The fourth-order valence-electron chi connectivity index (χ4n) is 3.50. The molecule has 0 saturated heterocycles. The Morgan fingerprint density at radius 2 is 2.00 bits per heavy atom. The van der Waals surface area contributed by atoms with Crippen LogP contribution in [0.2, 0.25) is 0 Å². The molecule has 0 bridgehead atoms. The number of nitrogens with one attached hydrogen (secondary N) is 1. The van der Waals surface area contributed by atoms with E-state index in [-0.39, 0.29) is 17.6 Å². The summed E-state index contributed by atoms with van der Waals surface area (Å²) in [5.41, 5.74) is 3.29. The number of aromatic nitrogens is 4. The van der Waals surface area contributed by atoms with Crippen molar-refractivity contribution in [3.05, 3.63) is 53.5 Å². The van der Waals surface area contributed by atoms with E-state index in [1.54, 1.807) is 25.3 Å². The van der Waals surface area contributed by atoms with E-state index in [1.165, 1.54) is 0 Å². The molecule has 0 aliphatic rings. The maximum atomic E-state index is 11.4. The summed E-state index contributed by atoms with van der Waals surface area (Å²) in [5.74, 6) is 3.47. The van der Waals surface area contributed by atoms with E-state index in [1.807, 2.05) is 36.7 Å². The lowest BCUT2D eigenvalue weighted by atomic mass is 9.93. The van der Waals surface area contributed by atoms with Gasteiger partial charge in [-0.25, -0.2) is 4.98 Å². The minimum Gasteiger partial charge on any atom is -0.457 e. The average molecular weight is 434 g/mol. The quantitative estimate of drug-likeness (QED) is 0.445. The lowest BCUT2D eigenvalue weighted by Crippen LogP contribution is -2.09. The Bertz CT molecular complexity index is 1300. The van der Waals surface area contributed by atoms with Gasteiger partial charge in [0.1, 0.15) is 23.0 Å². The summed E-state index contributed by atoms with van der Waals surface area (Å²) >= 11 is 0. The molecule has 8 nitrogen and oxygen atoms in total. The molecule has 0 atom stereocenters. The molecule has 0 aliphatic heterocycles. The summed E-state index contributed by atoms with van der Waals surface area (Å²) in [4.78, 5) is 20.3. The second-order valence-corrected chi connectivity index (χ2v) is 8.97. The molecule has 0 unspecified atom stereocenters. The number of imidazole rings is 1. The number of fused-ring (bicyclic) bond motifs is 1. The molecule has 0 radical (unpaired) electrons. The molecule has 0 fully saturated rings. The largest absolute Gasteiger partial charge is 0.457 e. The van der Waals surface area contributed by atoms with E-state index >= 15 is 0 Å². The van der Waals surface area contributed by atoms with Gasteiger partial charge in [-0.1, -0.05) is 25.9 Å². The number of anilines is 2. The smallest absolute Gasteiger partial charge is 0.209 e. The van der Waals surface area contributed by atoms with E-state index in [0.717, 1.165) is 22.4 Å². The van der Waals surface area contributed by atoms with Crippen molar-refractivity contribution in [3.63, 3.8) is 0 Å². The van der Waals surface area contributed by atoms with Crippen LogP contribution in [0.3, 0.4) is 0 Å². The Balaban J connectivity index is 1.62. The first-order chi connectivity index (χ1) is 15.1. The molecule has 8 heteroatoms. The first-order valence-corrected chi connectivity index (χ1v) is 10.4. The van der Waals surface area contributed by atoms with Crippen LogP contribution in [0.5, 0.6) is 11.5 Å². The molecular weight excluding hydrogens is 406 g/mol. The highest BCUT2D eigenvalue weighted by Gasteiger charge is 2.21. The number of hydrogen-bond acceptors (Lipinski definition) is 7. The molecule has 166 valence electrons. The van der Waals surface area contributed by atoms with Crippen molar-refractivity contribution in [2.45, 2.75) is 46.5 Å². The number of carbonyl (C=O) groups is 1. The van der Waals surface area contributed by atoms with Crippen LogP contribution in [-0.2, 0) is 23.7 Å². The van der Waals surface area contributed by atoms with Crippen molar-refractivity contribution in [2.75, 3.05) is 5.32 Å². The van der Waals surface area contributed by atoms with Gasteiger partial charge in [-0.2, -0.15) is 0 Å². The molecule has 1 aromatic carbocycles. The third kappa shape index (κ3) is 4.34. The molecule has 0 saturated carbocycles. The van der Waals surface area contributed by atoms with Crippen LogP contribution in [0, 0.1) is 6.92 Å². The summed E-state index contributed by atoms with van der Waals surface area (Å²) in [6.07, 6.45) is 1.93. The zero-order chi connectivity index (χ0) is 23.0. The predicted octanol–water partition coefficient (Wildman–Crippen LogP) is 5.23.